The normalized spacial score (nSPS) is 16.0. The molecule has 130 valence electrons. The molecule has 0 fully saturated rings. The summed E-state index contributed by atoms with van der Waals surface area (Å²) >= 11 is 0. The first-order valence-electron chi connectivity index (χ1n) is 7.94. The average Bonchev–Trinajstić information content (AvgIpc) is 2.65. The van der Waals surface area contributed by atoms with Gasteiger partial charge in [0.2, 0.25) is 0 Å². The molecule has 1 aliphatic rings. The maximum atomic E-state index is 12.5. The standard InChI is InChI=1S/C19H19NO5/c1-24-18(22)17-10-14-7-8-16(21)9-15(14)11-20(17)19(23)25-12-13-5-3-2-4-6-13/h2-9,17,21H,10-12H2,1H3/t17-/m0/s1. The maximum Gasteiger partial charge on any atom is 0.411 e. The van der Waals surface area contributed by atoms with Crippen LogP contribution in [0, 0.1) is 0 Å². The van der Waals surface area contributed by atoms with Gasteiger partial charge in [-0.3, -0.25) is 4.90 Å². The van der Waals surface area contributed by atoms with E-state index in [1.54, 1.807) is 18.2 Å². The van der Waals surface area contributed by atoms with Crippen molar-refractivity contribution in [3.8, 4) is 5.75 Å². The van der Waals surface area contributed by atoms with Gasteiger partial charge < -0.3 is 14.6 Å². The molecule has 3 rings (SSSR count). The average molecular weight is 341 g/mol. The maximum absolute atomic E-state index is 12.5. The van der Waals surface area contributed by atoms with E-state index in [-0.39, 0.29) is 18.9 Å². The van der Waals surface area contributed by atoms with Gasteiger partial charge in [0.15, 0.2) is 0 Å². The Balaban J connectivity index is 1.78. The first-order chi connectivity index (χ1) is 12.1. The summed E-state index contributed by atoms with van der Waals surface area (Å²) in [7, 11) is 1.29. The summed E-state index contributed by atoms with van der Waals surface area (Å²) in [5.74, 6) is -0.372. The van der Waals surface area contributed by atoms with Crippen molar-refractivity contribution in [3.63, 3.8) is 0 Å². The number of nitrogens with zero attached hydrogens (tertiary/aromatic N) is 1. The largest absolute Gasteiger partial charge is 0.508 e. The summed E-state index contributed by atoms with van der Waals surface area (Å²) in [5.41, 5.74) is 2.55. The number of hydrogen-bond donors (Lipinski definition) is 1. The summed E-state index contributed by atoms with van der Waals surface area (Å²) in [5, 5.41) is 9.66. The Morgan fingerprint density at radius 1 is 1.16 bits per heavy atom. The third-order valence-corrected chi connectivity index (χ3v) is 4.23. The van der Waals surface area contributed by atoms with E-state index in [4.69, 9.17) is 9.47 Å². The summed E-state index contributed by atoms with van der Waals surface area (Å²) in [6.07, 6.45) is -0.267. The van der Waals surface area contributed by atoms with Crippen molar-refractivity contribution >= 4 is 12.1 Å². The minimum atomic E-state index is -0.745. The van der Waals surface area contributed by atoms with Crippen molar-refractivity contribution in [2.24, 2.45) is 0 Å². The molecule has 0 radical (unpaired) electrons. The number of ether oxygens (including phenoxy) is 2. The molecular formula is C19H19NO5. The number of esters is 1. The number of aromatic hydroxyl groups is 1. The van der Waals surface area contributed by atoms with E-state index in [1.807, 2.05) is 30.3 Å². The number of carbonyl (C=O) groups excluding carboxylic acids is 2. The molecule has 1 atom stereocenters. The molecule has 1 aliphatic heterocycles. The van der Waals surface area contributed by atoms with E-state index >= 15 is 0 Å². The molecule has 2 aromatic rings. The third kappa shape index (κ3) is 3.74. The molecule has 0 aliphatic carbocycles. The molecule has 0 bridgehead atoms. The van der Waals surface area contributed by atoms with Gasteiger partial charge in [-0.2, -0.15) is 0 Å². The fourth-order valence-electron chi connectivity index (χ4n) is 2.91. The van der Waals surface area contributed by atoms with Gasteiger partial charge in [-0.25, -0.2) is 9.59 Å². The van der Waals surface area contributed by atoms with Crippen LogP contribution in [0.15, 0.2) is 48.5 Å². The van der Waals surface area contributed by atoms with Gasteiger partial charge in [0, 0.05) is 6.42 Å². The van der Waals surface area contributed by atoms with Crippen LogP contribution < -0.4 is 0 Å². The third-order valence-electron chi connectivity index (χ3n) is 4.23. The highest BCUT2D eigenvalue weighted by molar-refractivity contribution is 5.82. The predicted octanol–water partition coefficient (Wildman–Crippen LogP) is 2.63. The molecule has 2 aromatic carbocycles. The Labute approximate surface area is 145 Å². The molecule has 0 spiro atoms. The lowest BCUT2D eigenvalue weighted by Gasteiger charge is -2.34. The smallest absolute Gasteiger partial charge is 0.411 e. The van der Waals surface area contributed by atoms with E-state index in [1.165, 1.54) is 12.0 Å². The molecule has 6 nitrogen and oxygen atoms in total. The van der Waals surface area contributed by atoms with Crippen molar-refractivity contribution in [1.29, 1.82) is 0 Å². The zero-order chi connectivity index (χ0) is 17.8. The highest BCUT2D eigenvalue weighted by Crippen LogP contribution is 2.27. The second-order valence-corrected chi connectivity index (χ2v) is 5.86. The number of hydrogen-bond acceptors (Lipinski definition) is 5. The van der Waals surface area contributed by atoms with Crippen LogP contribution >= 0.6 is 0 Å². The van der Waals surface area contributed by atoms with Crippen molar-refractivity contribution in [2.75, 3.05) is 7.11 Å². The van der Waals surface area contributed by atoms with Crippen molar-refractivity contribution in [3.05, 3.63) is 65.2 Å². The van der Waals surface area contributed by atoms with E-state index in [2.05, 4.69) is 0 Å². The Morgan fingerprint density at radius 2 is 1.92 bits per heavy atom. The Hall–Kier alpha value is -3.02. The summed E-state index contributed by atoms with van der Waals surface area (Å²) < 4.78 is 10.2. The van der Waals surface area contributed by atoms with Crippen LogP contribution in [0.4, 0.5) is 4.79 Å². The highest BCUT2D eigenvalue weighted by Gasteiger charge is 2.36. The molecule has 1 heterocycles. The van der Waals surface area contributed by atoms with Crippen LogP contribution in [-0.4, -0.2) is 35.2 Å². The van der Waals surface area contributed by atoms with Gasteiger partial charge in [-0.15, -0.1) is 0 Å². The molecular weight excluding hydrogens is 322 g/mol. The summed E-state index contributed by atoms with van der Waals surface area (Å²) in [6, 6.07) is 13.5. The molecule has 0 saturated heterocycles. The first-order valence-corrected chi connectivity index (χ1v) is 7.94. The number of benzene rings is 2. The number of carbonyl (C=O) groups is 2. The number of phenols is 1. The van der Waals surface area contributed by atoms with Crippen LogP contribution in [0.3, 0.4) is 0 Å². The van der Waals surface area contributed by atoms with Gasteiger partial charge >= 0.3 is 12.1 Å². The van der Waals surface area contributed by atoms with Crippen molar-refractivity contribution in [1.82, 2.24) is 4.90 Å². The predicted molar refractivity (Wildman–Crippen MR) is 89.8 cm³/mol. The van der Waals surface area contributed by atoms with Gasteiger partial charge in [-0.1, -0.05) is 36.4 Å². The van der Waals surface area contributed by atoms with Crippen molar-refractivity contribution < 1.29 is 24.2 Å². The lowest BCUT2D eigenvalue weighted by molar-refractivity contribution is -0.147. The lowest BCUT2D eigenvalue weighted by atomic mass is 9.94. The fourth-order valence-corrected chi connectivity index (χ4v) is 2.91. The van der Waals surface area contributed by atoms with Gasteiger partial charge in [0.1, 0.15) is 18.4 Å². The molecule has 6 heteroatoms. The Kier molecular flexibility index (Phi) is 4.88. The van der Waals surface area contributed by atoms with E-state index < -0.39 is 18.1 Å². The van der Waals surface area contributed by atoms with Crippen LogP contribution in [0.5, 0.6) is 5.75 Å². The number of fused-ring (bicyclic) bond motifs is 1. The lowest BCUT2D eigenvalue weighted by Crippen LogP contribution is -2.49. The zero-order valence-electron chi connectivity index (χ0n) is 13.8. The van der Waals surface area contributed by atoms with Crippen LogP contribution in [0.2, 0.25) is 0 Å². The molecule has 1 amide bonds. The van der Waals surface area contributed by atoms with E-state index in [0.717, 1.165) is 16.7 Å². The molecule has 0 aromatic heterocycles. The summed E-state index contributed by atoms with van der Waals surface area (Å²) in [4.78, 5) is 26.0. The molecule has 0 saturated carbocycles. The van der Waals surface area contributed by atoms with Crippen LogP contribution in [0.1, 0.15) is 16.7 Å². The monoisotopic (exact) mass is 341 g/mol. The van der Waals surface area contributed by atoms with Crippen molar-refractivity contribution in [2.45, 2.75) is 25.6 Å². The Bertz CT molecular complexity index is 775. The zero-order valence-corrected chi connectivity index (χ0v) is 13.8. The summed E-state index contributed by atoms with van der Waals surface area (Å²) in [6.45, 7) is 0.300. The van der Waals surface area contributed by atoms with Crippen LogP contribution in [0.25, 0.3) is 0 Å². The highest BCUT2D eigenvalue weighted by atomic mass is 16.6. The van der Waals surface area contributed by atoms with Gasteiger partial charge in [-0.05, 0) is 28.8 Å². The minimum Gasteiger partial charge on any atom is -0.508 e. The second-order valence-electron chi connectivity index (χ2n) is 5.86. The second kappa shape index (κ2) is 7.25. The quantitative estimate of drug-likeness (QED) is 0.869. The van der Waals surface area contributed by atoms with Gasteiger partial charge in [0.25, 0.3) is 0 Å². The van der Waals surface area contributed by atoms with E-state index in [0.29, 0.717) is 6.42 Å². The number of rotatable bonds is 3. The molecule has 25 heavy (non-hydrogen) atoms. The fraction of sp³-hybridized carbons (Fsp3) is 0.263. The Morgan fingerprint density at radius 3 is 2.64 bits per heavy atom. The number of amides is 1. The molecule has 1 N–H and O–H groups in total. The first kappa shape index (κ1) is 16.8. The van der Waals surface area contributed by atoms with Crippen LogP contribution in [-0.2, 0) is 33.8 Å². The molecule has 0 unspecified atom stereocenters. The number of phenolic OH excluding ortho intramolecular Hbond substituents is 1. The number of methoxy groups -OCH3 is 1. The topological polar surface area (TPSA) is 76.1 Å². The SMILES string of the molecule is COC(=O)[C@@H]1Cc2ccc(O)cc2CN1C(=O)OCc1ccccc1. The van der Waals surface area contributed by atoms with E-state index in [9.17, 15) is 14.7 Å². The van der Waals surface area contributed by atoms with Gasteiger partial charge in [0.05, 0.1) is 13.7 Å². The minimum absolute atomic E-state index is 0.118.